The highest BCUT2D eigenvalue weighted by atomic mass is 19.1. The van der Waals surface area contributed by atoms with Gasteiger partial charge in [-0.25, -0.2) is 4.39 Å². The molecule has 2 aliphatic rings. The fourth-order valence-corrected chi connectivity index (χ4v) is 3.57. The molecule has 0 radical (unpaired) electrons. The summed E-state index contributed by atoms with van der Waals surface area (Å²) in [5, 5.41) is 14.2. The Labute approximate surface area is 116 Å². The van der Waals surface area contributed by atoms with Crippen molar-refractivity contribution in [2.24, 2.45) is 11.3 Å². The van der Waals surface area contributed by atoms with Gasteiger partial charge in [-0.05, 0) is 12.5 Å². The number of halogens is 1. The van der Waals surface area contributed by atoms with Crippen LogP contribution in [0.15, 0.2) is 18.2 Å². The van der Waals surface area contributed by atoms with Crippen molar-refractivity contribution in [3.05, 3.63) is 34.1 Å². The molecule has 1 aliphatic carbocycles. The number of ether oxygens (including phenoxy) is 1. The fraction of sp³-hybridized carbons (Fsp3) is 0.571. The van der Waals surface area contributed by atoms with Crippen molar-refractivity contribution >= 4 is 11.4 Å². The Morgan fingerprint density at radius 1 is 1.50 bits per heavy atom. The number of nitro benzene ring substituents is 1. The monoisotopic (exact) mass is 280 g/mol. The summed E-state index contributed by atoms with van der Waals surface area (Å²) in [6.07, 6.45) is 1.13. The number of anilines is 1. The molecule has 0 bridgehead atoms. The molecule has 3 rings (SSSR count). The lowest BCUT2D eigenvalue weighted by Crippen LogP contribution is -2.63. The molecule has 1 aromatic carbocycles. The lowest BCUT2D eigenvalue weighted by atomic mass is 9.57. The molecule has 1 saturated carbocycles. The molecule has 1 heterocycles. The minimum absolute atomic E-state index is 0.0653. The van der Waals surface area contributed by atoms with Crippen LogP contribution >= 0.6 is 0 Å². The first-order chi connectivity index (χ1) is 9.41. The SMILES string of the molecule is CC1(C)C(Nc2cc(F)ccc2[N+](=O)[O-])C2CCOC21. The number of hydrogen-bond acceptors (Lipinski definition) is 4. The van der Waals surface area contributed by atoms with Gasteiger partial charge in [0.2, 0.25) is 0 Å². The molecule has 6 heteroatoms. The van der Waals surface area contributed by atoms with Gasteiger partial charge in [-0.1, -0.05) is 13.8 Å². The van der Waals surface area contributed by atoms with Crippen LogP contribution in [0.1, 0.15) is 20.3 Å². The number of benzene rings is 1. The van der Waals surface area contributed by atoms with Gasteiger partial charge >= 0.3 is 0 Å². The second-order valence-electron chi connectivity index (χ2n) is 6.11. The quantitative estimate of drug-likeness (QED) is 0.683. The van der Waals surface area contributed by atoms with Crippen molar-refractivity contribution in [3.63, 3.8) is 0 Å². The van der Waals surface area contributed by atoms with E-state index in [0.29, 0.717) is 5.92 Å². The van der Waals surface area contributed by atoms with E-state index in [-0.39, 0.29) is 28.9 Å². The van der Waals surface area contributed by atoms with Crippen LogP contribution in [0.3, 0.4) is 0 Å². The molecule has 0 aromatic heterocycles. The zero-order chi connectivity index (χ0) is 14.5. The Kier molecular flexibility index (Phi) is 2.93. The minimum Gasteiger partial charge on any atom is -0.377 e. The summed E-state index contributed by atoms with van der Waals surface area (Å²) in [6.45, 7) is 4.87. The molecular formula is C14H17FN2O3. The van der Waals surface area contributed by atoms with E-state index in [1.54, 1.807) is 0 Å². The van der Waals surface area contributed by atoms with Gasteiger partial charge in [0.15, 0.2) is 0 Å². The standard InChI is InChI=1S/C14H17FN2O3/c1-14(2)12(9-5-6-20-13(9)14)16-10-7-8(15)3-4-11(10)17(18)19/h3-4,7,9,12-13,16H,5-6H2,1-2H3. The van der Waals surface area contributed by atoms with Crippen molar-refractivity contribution in [3.8, 4) is 0 Å². The maximum absolute atomic E-state index is 13.4. The number of hydrogen-bond donors (Lipinski definition) is 1. The predicted octanol–water partition coefficient (Wildman–Crippen LogP) is 2.96. The molecule has 108 valence electrons. The summed E-state index contributed by atoms with van der Waals surface area (Å²) in [7, 11) is 0. The smallest absolute Gasteiger partial charge is 0.292 e. The molecule has 0 amide bonds. The van der Waals surface area contributed by atoms with Gasteiger partial charge in [-0.15, -0.1) is 0 Å². The largest absolute Gasteiger partial charge is 0.377 e. The number of nitrogens with one attached hydrogen (secondary N) is 1. The molecule has 1 aliphatic heterocycles. The second-order valence-corrected chi connectivity index (χ2v) is 6.11. The van der Waals surface area contributed by atoms with E-state index < -0.39 is 10.7 Å². The number of fused-ring (bicyclic) bond motifs is 1. The first kappa shape index (κ1) is 13.3. The first-order valence-electron chi connectivity index (χ1n) is 6.73. The summed E-state index contributed by atoms with van der Waals surface area (Å²) in [5.74, 6) is -0.137. The van der Waals surface area contributed by atoms with E-state index in [9.17, 15) is 14.5 Å². The summed E-state index contributed by atoms with van der Waals surface area (Å²) >= 11 is 0. The van der Waals surface area contributed by atoms with E-state index in [4.69, 9.17) is 4.74 Å². The molecular weight excluding hydrogens is 263 g/mol. The van der Waals surface area contributed by atoms with Crippen molar-refractivity contribution in [1.29, 1.82) is 0 Å². The highest BCUT2D eigenvalue weighted by Crippen LogP contribution is 2.53. The maximum Gasteiger partial charge on any atom is 0.292 e. The van der Waals surface area contributed by atoms with Crippen LogP contribution in [0, 0.1) is 27.3 Å². The van der Waals surface area contributed by atoms with E-state index in [1.807, 2.05) is 0 Å². The normalized spacial score (nSPS) is 30.4. The summed E-state index contributed by atoms with van der Waals surface area (Å²) in [4.78, 5) is 10.5. The highest BCUT2D eigenvalue weighted by Gasteiger charge is 2.59. The Balaban J connectivity index is 1.88. The third kappa shape index (κ3) is 1.86. The van der Waals surface area contributed by atoms with Gasteiger partial charge < -0.3 is 10.1 Å². The minimum atomic E-state index is -0.490. The van der Waals surface area contributed by atoms with Gasteiger partial charge in [-0.2, -0.15) is 0 Å². The zero-order valence-corrected chi connectivity index (χ0v) is 11.4. The lowest BCUT2D eigenvalue weighted by Gasteiger charge is -2.54. The van der Waals surface area contributed by atoms with Gasteiger partial charge in [0.05, 0.1) is 11.0 Å². The van der Waals surface area contributed by atoms with Crippen LogP contribution in [-0.4, -0.2) is 23.7 Å². The molecule has 1 saturated heterocycles. The Morgan fingerprint density at radius 2 is 2.25 bits per heavy atom. The van der Waals surface area contributed by atoms with Gasteiger partial charge in [0, 0.05) is 36.1 Å². The van der Waals surface area contributed by atoms with E-state index in [0.717, 1.165) is 19.1 Å². The predicted molar refractivity (Wildman–Crippen MR) is 72.1 cm³/mol. The van der Waals surface area contributed by atoms with Crippen LogP contribution in [0.25, 0.3) is 0 Å². The molecule has 0 spiro atoms. The summed E-state index contributed by atoms with van der Waals surface area (Å²) in [5.41, 5.74) is 0.0458. The Morgan fingerprint density at radius 3 is 2.95 bits per heavy atom. The average Bonchev–Trinajstić information content (AvgIpc) is 2.82. The summed E-state index contributed by atoms with van der Waals surface area (Å²) < 4.78 is 19.0. The molecule has 20 heavy (non-hydrogen) atoms. The van der Waals surface area contributed by atoms with Crippen molar-refractivity contribution in [2.75, 3.05) is 11.9 Å². The van der Waals surface area contributed by atoms with Crippen LogP contribution in [0.5, 0.6) is 0 Å². The third-order valence-electron chi connectivity index (χ3n) is 4.57. The molecule has 3 unspecified atom stereocenters. The molecule has 2 fully saturated rings. The van der Waals surface area contributed by atoms with Crippen LogP contribution in [0.2, 0.25) is 0 Å². The zero-order valence-electron chi connectivity index (χ0n) is 11.4. The molecule has 5 nitrogen and oxygen atoms in total. The molecule has 3 atom stereocenters. The topological polar surface area (TPSA) is 64.4 Å². The molecule has 1 aromatic rings. The van der Waals surface area contributed by atoms with Gasteiger partial charge in [0.25, 0.3) is 5.69 Å². The van der Waals surface area contributed by atoms with E-state index in [1.165, 1.54) is 12.1 Å². The van der Waals surface area contributed by atoms with Gasteiger partial charge in [0.1, 0.15) is 11.5 Å². The van der Waals surface area contributed by atoms with E-state index in [2.05, 4.69) is 19.2 Å². The second kappa shape index (κ2) is 4.41. The number of nitrogens with zero attached hydrogens (tertiary/aromatic N) is 1. The Bertz CT molecular complexity index is 561. The average molecular weight is 280 g/mol. The van der Waals surface area contributed by atoms with Crippen LogP contribution in [-0.2, 0) is 4.74 Å². The van der Waals surface area contributed by atoms with Crippen molar-refractivity contribution < 1.29 is 14.1 Å². The van der Waals surface area contributed by atoms with Crippen molar-refractivity contribution in [1.82, 2.24) is 0 Å². The fourth-order valence-electron chi connectivity index (χ4n) is 3.57. The summed E-state index contributed by atoms with van der Waals surface area (Å²) in [6, 6.07) is 3.57. The highest BCUT2D eigenvalue weighted by molar-refractivity contribution is 5.62. The first-order valence-corrected chi connectivity index (χ1v) is 6.73. The van der Waals surface area contributed by atoms with Crippen LogP contribution < -0.4 is 5.32 Å². The number of rotatable bonds is 3. The van der Waals surface area contributed by atoms with Gasteiger partial charge in [-0.3, -0.25) is 10.1 Å². The third-order valence-corrected chi connectivity index (χ3v) is 4.57. The maximum atomic E-state index is 13.4. The van der Waals surface area contributed by atoms with Crippen molar-refractivity contribution in [2.45, 2.75) is 32.4 Å². The number of nitro groups is 1. The Hall–Kier alpha value is -1.69. The van der Waals surface area contributed by atoms with Crippen LogP contribution in [0.4, 0.5) is 15.8 Å². The molecule has 1 N–H and O–H groups in total. The lowest BCUT2D eigenvalue weighted by molar-refractivity contribution is -0.384. The van der Waals surface area contributed by atoms with E-state index >= 15 is 0 Å².